The fourth-order valence-electron chi connectivity index (χ4n) is 2.13. The average Bonchev–Trinajstić information content (AvgIpc) is 2.84. The molecule has 1 heterocycles. The second-order valence-electron chi connectivity index (χ2n) is 5.48. The summed E-state index contributed by atoms with van der Waals surface area (Å²) in [5, 5.41) is 3.41. The molecule has 108 valence electrons. The minimum absolute atomic E-state index is 0.174. The maximum atomic E-state index is 13.1. The molecule has 0 saturated carbocycles. The van der Waals surface area contributed by atoms with Gasteiger partial charge in [-0.15, -0.1) is 0 Å². The standard InChI is InChI=1S/C16H22FN3/c1-13(2)9-18-10-16-11-19-12-20(16)7-6-14-4-3-5-15(17)8-14/h3-5,8,11-13,18H,6-7,9-10H2,1-2H3. The van der Waals surface area contributed by atoms with E-state index in [-0.39, 0.29) is 5.82 Å². The lowest BCUT2D eigenvalue weighted by Crippen LogP contribution is -2.21. The van der Waals surface area contributed by atoms with Crippen molar-refractivity contribution in [2.24, 2.45) is 5.92 Å². The highest BCUT2D eigenvalue weighted by atomic mass is 19.1. The Morgan fingerprint density at radius 3 is 2.95 bits per heavy atom. The Labute approximate surface area is 119 Å². The predicted molar refractivity (Wildman–Crippen MR) is 78.9 cm³/mol. The van der Waals surface area contributed by atoms with Crippen molar-refractivity contribution in [3.05, 3.63) is 53.9 Å². The molecule has 0 bridgehead atoms. The van der Waals surface area contributed by atoms with Gasteiger partial charge in [-0.05, 0) is 36.6 Å². The molecule has 3 nitrogen and oxygen atoms in total. The summed E-state index contributed by atoms with van der Waals surface area (Å²) in [5.74, 6) is 0.464. The molecule has 2 rings (SSSR count). The first kappa shape index (κ1) is 14.7. The lowest BCUT2D eigenvalue weighted by Gasteiger charge is -2.10. The van der Waals surface area contributed by atoms with Crippen molar-refractivity contribution < 1.29 is 4.39 Å². The number of aryl methyl sites for hydroxylation is 2. The van der Waals surface area contributed by atoms with Crippen LogP contribution in [0.1, 0.15) is 25.1 Å². The number of hydrogen-bond donors (Lipinski definition) is 1. The fraction of sp³-hybridized carbons (Fsp3) is 0.438. The van der Waals surface area contributed by atoms with E-state index in [0.717, 1.165) is 31.6 Å². The van der Waals surface area contributed by atoms with Gasteiger partial charge >= 0.3 is 0 Å². The lowest BCUT2D eigenvalue weighted by molar-refractivity contribution is 0.533. The van der Waals surface area contributed by atoms with E-state index in [2.05, 4.69) is 28.7 Å². The molecule has 0 aliphatic heterocycles. The fourth-order valence-corrected chi connectivity index (χ4v) is 2.13. The van der Waals surface area contributed by atoms with Crippen molar-refractivity contribution in [2.45, 2.75) is 33.4 Å². The molecule has 0 aliphatic carbocycles. The maximum Gasteiger partial charge on any atom is 0.123 e. The van der Waals surface area contributed by atoms with Crippen molar-refractivity contribution in [1.29, 1.82) is 0 Å². The van der Waals surface area contributed by atoms with E-state index in [9.17, 15) is 4.39 Å². The van der Waals surface area contributed by atoms with Gasteiger partial charge in [0.25, 0.3) is 0 Å². The van der Waals surface area contributed by atoms with Gasteiger partial charge in [0.05, 0.1) is 12.0 Å². The third-order valence-electron chi connectivity index (χ3n) is 3.19. The van der Waals surface area contributed by atoms with Gasteiger partial charge < -0.3 is 9.88 Å². The molecule has 20 heavy (non-hydrogen) atoms. The molecule has 0 amide bonds. The van der Waals surface area contributed by atoms with E-state index in [1.165, 1.54) is 11.8 Å². The molecule has 0 aliphatic rings. The van der Waals surface area contributed by atoms with Crippen LogP contribution in [0.5, 0.6) is 0 Å². The van der Waals surface area contributed by atoms with Crippen LogP contribution in [0.25, 0.3) is 0 Å². The number of halogens is 1. The molecule has 0 spiro atoms. The van der Waals surface area contributed by atoms with Gasteiger partial charge in [0.1, 0.15) is 5.82 Å². The Kier molecular flexibility index (Phi) is 5.30. The van der Waals surface area contributed by atoms with Crippen LogP contribution in [0.4, 0.5) is 4.39 Å². The van der Waals surface area contributed by atoms with E-state index in [1.54, 1.807) is 12.1 Å². The third-order valence-corrected chi connectivity index (χ3v) is 3.19. The highest BCUT2D eigenvalue weighted by molar-refractivity contribution is 5.16. The average molecular weight is 275 g/mol. The molecule has 0 fully saturated rings. The smallest absolute Gasteiger partial charge is 0.123 e. The maximum absolute atomic E-state index is 13.1. The number of aromatic nitrogens is 2. The number of nitrogens with one attached hydrogen (secondary N) is 1. The molecular formula is C16H22FN3. The predicted octanol–water partition coefficient (Wildman–Crippen LogP) is 3.01. The molecule has 2 aromatic rings. The van der Waals surface area contributed by atoms with Crippen molar-refractivity contribution in [3.63, 3.8) is 0 Å². The van der Waals surface area contributed by atoms with Crippen molar-refractivity contribution in [3.8, 4) is 0 Å². The van der Waals surface area contributed by atoms with Crippen LogP contribution in [0.15, 0.2) is 36.8 Å². The van der Waals surface area contributed by atoms with Crippen molar-refractivity contribution in [1.82, 2.24) is 14.9 Å². The van der Waals surface area contributed by atoms with Crippen LogP contribution < -0.4 is 5.32 Å². The van der Waals surface area contributed by atoms with E-state index in [1.807, 2.05) is 18.6 Å². The second-order valence-corrected chi connectivity index (χ2v) is 5.48. The number of rotatable bonds is 7. The molecule has 0 radical (unpaired) electrons. The number of nitrogens with zero attached hydrogens (tertiary/aromatic N) is 2. The Bertz CT molecular complexity index is 534. The first-order valence-corrected chi connectivity index (χ1v) is 7.09. The zero-order valence-corrected chi connectivity index (χ0v) is 12.1. The van der Waals surface area contributed by atoms with Gasteiger partial charge in [0.2, 0.25) is 0 Å². The monoisotopic (exact) mass is 275 g/mol. The summed E-state index contributed by atoms with van der Waals surface area (Å²) < 4.78 is 15.2. The van der Waals surface area contributed by atoms with Crippen LogP contribution in [0.2, 0.25) is 0 Å². The zero-order valence-electron chi connectivity index (χ0n) is 12.1. The van der Waals surface area contributed by atoms with E-state index in [4.69, 9.17) is 0 Å². The van der Waals surface area contributed by atoms with E-state index >= 15 is 0 Å². The van der Waals surface area contributed by atoms with Crippen molar-refractivity contribution in [2.75, 3.05) is 6.54 Å². The van der Waals surface area contributed by atoms with Gasteiger partial charge in [-0.3, -0.25) is 0 Å². The Morgan fingerprint density at radius 2 is 2.20 bits per heavy atom. The van der Waals surface area contributed by atoms with Crippen molar-refractivity contribution >= 4 is 0 Å². The summed E-state index contributed by atoms with van der Waals surface area (Å²) in [5.41, 5.74) is 2.18. The topological polar surface area (TPSA) is 29.9 Å². The first-order valence-electron chi connectivity index (χ1n) is 7.09. The molecule has 0 atom stereocenters. The Morgan fingerprint density at radius 1 is 1.35 bits per heavy atom. The van der Waals surface area contributed by atoms with Crippen LogP contribution in [-0.4, -0.2) is 16.1 Å². The molecule has 1 N–H and O–H groups in total. The highest BCUT2D eigenvalue weighted by Gasteiger charge is 2.03. The van der Waals surface area contributed by atoms with Crippen LogP contribution in [-0.2, 0) is 19.5 Å². The quantitative estimate of drug-likeness (QED) is 0.842. The normalized spacial score (nSPS) is 11.2. The molecule has 0 unspecified atom stereocenters. The van der Waals surface area contributed by atoms with Gasteiger partial charge in [-0.25, -0.2) is 9.37 Å². The zero-order chi connectivity index (χ0) is 14.4. The Hall–Kier alpha value is -1.68. The van der Waals surface area contributed by atoms with Crippen LogP contribution in [0, 0.1) is 11.7 Å². The van der Waals surface area contributed by atoms with Gasteiger partial charge in [-0.2, -0.15) is 0 Å². The van der Waals surface area contributed by atoms with Gasteiger partial charge in [-0.1, -0.05) is 26.0 Å². The summed E-state index contributed by atoms with van der Waals surface area (Å²) in [6, 6.07) is 6.77. The van der Waals surface area contributed by atoms with E-state index in [0.29, 0.717) is 5.92 Å². The number of hydrogen-bond acceptors (Lipinski definition) is 2. The lowest BCUT2D eigenvalue weighted by atomic mass is 10.1. The number of imidazole rings is 1. The minimum atomic E-state index is -0.174. The summed E-state index contributed by atoms with van der Waals surface area (Å²) in [6.45, 7) is 7.01. The van der Waals surface area contributed by atoms with Gasteiger partial charge in [0, 0.05) is 19.3 Å². The number of benzene rings is 1. The second kappa shape index (κ2) is 7.20. The SMILES string of the molecule is CC(C)CNCc1cncn1CCc1cccc(F)c1. The van der Waals surface area contributed by atoms with Crippen LogP contribution >= 0.6 is 0 Å². The molecule has 0 saturated heterocycles. The minimum Gasteiger partial charge on any atom is -0.333 e. The van der Waals surface area contributed by atoms with Gasteiger partial charge in [0.15, 0.2) is 0 Å². The Balaban J connectivity index is 1.88. The molecular weight excluding hydrogens is 253 g/mol. The summed E-state index contributed by atoms with van der Waals surface area (Å²) in [4.78, 5) is 4.20. The van der Waals surface area contributed by atoms with Crippen LogP contribution in [0.3, 0.4) is 0 Å². The first-order chi connectivity index (χ1) is 9.65. The summed E-state index contributed by atoms with van der Waals surface area (Å²) in [7, 11) is 0. The molecule has 1 aromatic heterocycles. The highest BCUT2D eigenvalue weighted by Crippen LogP contribution is 2.07. The molecule has 4 heteroatoms. The largest absolute Gasteiger partial charge is 0.333 e. The molecule has 1 aromatic carbocycles. The third kappa shape index (κ3) is 4.46. The summed E-state index contributed by atoms with van der Waals surface area (Å²) in [6.07, 6.45) is 4.54. The summed E-state index contributed by atoms with van der Waals surface area (Å²) >= 11 is 0. The van der Waals surface area contributed by atoms with E-state index < -0.39 is 0 Å².